The normalized spacial score (nSPS) is 23.0. The number of hydrogen-bond donors (Lipinski definition) is 3. The molecule has 186 valence electrons. The second kappa shape index (κ2) is 11.6. The van der Waals surface area contributed by atoms with Crippen molar-refractivity contribution in [1.82, 2.24) is 19.9 Å². The van der Waals surface area contributed by atoms with Crippen LogP contribution in [-0.4, -0.2) is 59.2 Å². The molecule has 2 fully saturated rings. The molecule has 1 aliphatic heterocycles. The van der Waals surface area contributed by atoms with Gasteiger partial charge in [-0.05, 0) is 62.7 Å². The summed E-state index contributed by atoms with van der Waals surface area (Å²) < 4.78 is 19.2. The monoisotopic (exact) mass is 471 g/mol. The highest BCUT2D eigenvalue weighted by molar-refractivity contribution is 5.57. The number of nitrogens with zero attached hydrogens (tertiary/aromatic N) is 4. The van der Waals surface area contributed by atoms with Gasteiger partial charge < -0.3 is 20.7 Å². The molecule has 0 spiro atoms. The highest BCUT2D eigenvalue weighted by Crippen LogP contribution is 2.28. The molecule has 4 rings (SSSR count). The maximum Gasteiger partial charge on any atom is 0.233 e. The van der Waals surface area contributed by atoms with Gasteiger partial charge in [0.15, 0.2) is 11.6 Å². The first-order valence-corrected chi connectivity index (χ1v) is 12.6. The summed E-state index contributed by atoms with van der Waals surface area (Å²) in [5.74, 6) is 2.65. The maximum atomic E-state index is 14.2. The first-order chi connectivity index (χ1) is 16.5. The summed E-state index contributed by atoms with van der Waals surface area (Å²) in [5.41, 5.74) is 0.551. The van der Waals surface area contributed by atoms with Crippen molar-refractivity contribution in [2.24, 2.45) is 11.8 Å². The highest BCUT2D eigenvalue weighted by atomic mass is 19.1. The summed E-state index contributed by atoms with van der Waals surface area (Å²) in [6, 6.07) is 5.19. The number of benzene rings is 1. The summed E-state index contributed by atoms with van der Waals surface area (Å²) in [6.45, 7) is 8.35. The SMILES string of the molecule is CCN1CCCC1CNc1nc(NCC2CCC(C)CC2)nc(Nc2ccc(OC)c(F)c2)n1. The molecular weight excluding hydrogens is 433 g/mol. The predicted molar refractivity (Wildman–Crippen MR) is 134 cm³/mol. The van der Waals surface area contributed by atoms with Crippen LogP contribution in [0.5, 0.6) is 5.75 Å². The third-order valence-corrected chi connectivity index (χ3v) is 7.13. The van der Waals surface area contributed by atoms with Crippen molar-refractivity contribution in [1.29, 1.82) is 0 Å². The predicted octanol–water partition coefficient (Wildman–Crippen LogP) is 4.90. The lowest BCUT2D eigenvalue weighted by molar-refractivity contribution is 0.277. The molecule has 0 radical (unpaired) electrons. The van der Waals surface area contributed by atoms with E-state index in [4.69, 9.17) is 4.74 Å². The lowest BCUT2D eigenvalue weighted by atomic mass is 9.83. The molecule has 8 nitrogen and oxygen atoms in total. The molecule has 34 heavy (non-hydrogen) atoms. The molecule has 1 unspecified atom stereocenters. The molecule has 2 aliphatic rings. The van der Waals surface area contributed by atoms with Gasteiger partial charge >= 0.3 is 0 Å². The number of likely N-dealkylation sites (tertiary alicyclic amines) is 1. The van der Waals surface area contributed by atoms with E-state index in [2.05, 4.69) is 49.6 Å². The van der Waals surface area contributed by atoms with Crippen LogP contribution < -0.4 is 20.7 Å². The number of hydrogen-bond acceptors (Lipinski definition) is 8. The molecule has 0 amide bonds. The van der Waals surface area contributed by atoms with Crippen LogP contribution in [0.2, 0.25) is 0 Å². The summed E-state index contributed by atoms with van der Waals surface area (Å²) in [6.07, 6.45) is 7.42. The summed E-state index contributed by atoms with van der Waals surface area (Å²) in [5, 5.41) is 9.96. The van der Waals surface area contributed by atoms with Gasteiger partial charge in [0, 0.05) is 30.9 Å². The van der Waals surface area contributed by atoms with Crippen molar-refractivity contribution in [3.8, 4) is 5.75 Å². The van der Waals surface area contributed by atoms with E-state index in [1.807, 2.05) is 0 Å². The van der Waals surface area contributed by atoms with Crippen LogP contribution in [0.1, 0.15) is 52.4 Å². The van der Waals surface area contributed by atoms with Crippen LogP contribution in [0.25, 0.3) is 0 Å². The van der Waals surface area contributed by atoms with Crippen LogP contribution in [0.4, 0.5) is 27.9 Å². The maximum absolute atomic E-state index is 14.2. The van der Waals surface area contributed by atoms with Gasteiger partial charge in [-0.1, -0.05) is 26.7 Å². The zero-order chi connectivity index (χ0) is 23.9. The van der Waals surface area contributed by atoms with E-state index < -0.39 is 5.82 Å². The van der Waals surface area contributed by atoms with E-state index in [0.29, 0.717) is 35.5 Å². The van der Waals surface area contributed by atoms with Crippen molar-refractivity contribution in [3.63, 3.8) is 0 Å². The molecular formula is C25H38FN7O. The van der Waals surface area contributed by atoms with E-state index in [9.17, 15) is 4.39 Å². The van der Waals surface area contributed by atoms with Crippen LogP contribution in [0, 0.1) is 17.7 Å². The molecule has 1 saturated heterocycles. The number of anilines is 4. The fourth-order valence-corrected chi connectivity index (χ4v) is 4.98. The standard InChI is InChI=1S/C25H38FN7O/c1-4-33-13-5-6-20(33)16-28-24-30-23(27-15-18-9-7-17(2)8-10-18)31-25(32-24)29-19-11-12-22(34-3)21(26)14-19/h11-12,14,17-18,20H,4-10,13,15-16H2,1-3H3,(H3,27,28,29,30,31,32). The second-order valence-corrected chi connectivity index (χ2v) is 9.59. The van der Waals surface area contributed by atoms with Gasteiger partial charge in [0.2, 0.25) is 17.8 Å². The van der Waals surface area contributed by atoms with E-state index >= 15 is 0 Å². The molecule has 9 heteroatoms. The third kappa shape index (κ3) is 6.46. The molecule has 1 aromatic carbocycles. The number of methoxy groups -OCH3 is 1. The lowest BCUT2D eigenvalue weighted by Gasteiger charge is -2.26. The largest absolute Gasteiger partial charge is 0.494 e. The van der Waals surface area contributed by atoms with Gasteiger partial charge in [0.1, 0.15) is 0 Å². The van der Waals surface area contributed by atoms with Gasteiger partial charge in [-0.2, -0.15) is 15.0 Å². The number of nitrogens with one attached hydrogen (secondary N) is 3. The average Bonchev–Trinajstić information content (AvgIpc) is 3.30. The molecule has 0 bridgehead atoms. The van der Waals surface area contributed by atoms with Crippen LogP contribution in [0.3, 0.4) is 0 Å². The molecule has 3 N–H and O–H groups in total. The lowest BCUT2D eigenvalue weighted by Crippen LogP contribution is -2.35. The molecule has 1 aliphatic carbocycles. The number of rotatable bonds is 10. The van der Waals surface area contributed by atoms with Gasteiger partial charge in [-0.25, -0.2) is 4.39 Å². The van der Waals surface area contributed by atoms with Gasteiger partial charge in [-0.15, -0.1) is 0 Å². The third-order valence-electron chi connectivity index (χ3n) is 7.13. The van der Waals surface area contributed by atoms with E-state index in [1.165, 1.54) is 51.7 Å². The Morgan fingerprint density at radius 2 is 1.71 bits per heavy atom. The molecule has 2 heterocycles. The minimum Gasteiger partial charge on any atom is -0.494 e. The van der Waals surface area contributed by atoms with Crippen molar-refractivity contribution in [2.45, 2.75) is 58.4 Å². The van der Waals surface area contributed by atoms with Crippen molar-refractivity contribution in [3.05, 3.63) is 24.0 Å². The number of aromatic nitrogens is 3. The Kier molecular flexibility index (Phi) is 8.37. The zero-order valence-electron chi connectivity index (χ0n) is 20.6. The van der Waals surface area contributed by atoms with Gasteiger partial charge in [0.05, 0.1) is 7.11 Å². The fraction of sp³-hybridized carbons (Fsp3) is 0.640. The summed E-state index contributed by atoms with van der Waals surface area (Å²) in [4.78, 5) is 16.2. The first-order valence-electron chi connectivity index (χ1n) is 12.6. The Morgan fingerprint density at radius 3 is 2.38 bits per heavy atom. The second-order valence-electron chi connectivity index (χ2n) is 9.59. The Hall–Kier alpha value is -2.68. The topological polar surface area (TPSA) is 87.2 Å². The quantitative estimate of drug-likeness (QED) is 0.451. The fourth-order valence-electron chi connectivity index (χ4n) is 4.98. The minimum atomic E-state index is -0.439. The Labute approximate surface area is 202 Å². The number of halogens is 1. The summed E-state index contributed by atoms with van der Waals surface area (Å²) in [7, 11) is 1.45. The Bertz CT molecular complexity index is 935. The van der Waals surface area contributed by atoms with Gasteiger partial charge in [0.25, 0.3) is 0 Å². The van der Waals surface area contributed by atoms with Crippen molar-refractivity contribution >= 4 is 23.5 Å². The first kappa shape index (κ1) is 24.4. The van der Waals surface area contributed by atoms with E-state index in [-0.39, 0.29) is 5.75 Å². The molecule has 1 saturated carbocycles. The van der Waals surface area contributed by atoms with E-state index in [0.717, 1.165) is 32.1 Å². The Balaban J connectivity index is 1.47. The molecule has 2 aromatic rings. The highest BCUT2D eigenvalue weighted by Gasteiger charge is 2.23. The van der Waals surface area contributed by atoms with Crippen molar-refractivity contribution in [2.75, 3.05) is 49.2 Å². The minimum absolute atomic E-state index is 0.199. The average molecular weight is 472 g/mol. The smallest absolute Gasteiger partial charge is 0.233 e. The number of likely N-dealkylation sites (N-methyl/N-ethyl adjacent to an activating group) is 1. The number of ether oxygens (including phenoxy) is 1. The van der Waals surface area contributed by atoms with Crippen LogP contribution in [-0.2, 0) is 0 Å². The van der Waals surface area contributed by atoms with Crippen LogP contribution >= 0.6 is 0 Å². The zero-order valence-corrected chi connectivity index (χ0v) is 20.6. The van der Waals surface area contributed by atoms with E-state index in [1.54, 1.807) is 12.1 Å². The molecule has 1 aromatic heterocycles. The Morgan fingerprint density at radius 1 is 1.00 bits per heavy atom. The van der Waals surface area contributed by atoms with Crippen LogP contribution in [0.15, 0.2) is 18.2 Å². The molecule has 1 atom stereocenters. The van der Waals surface area contributed by atoms with Gasteiger partial charge in [-0.3, -0.25) is 4.90 Å². The summed E-state index contributed by atoms with van der Waals surface area (Å²) >= 11 is 0. The van der Waals surface area contributed by atoms with Crippen molar-refractivity contribution < 1.29 is 9.13 Å².